The van der Waals surface area contributed by atoms with Gasteiger partial charge in [0.1, 0.15) is 11.4 Å². The highest BCUT2D eigenvalue weighted by Gasteiger charge is 2.27. The number of hydrogen-bond donors (Lipinski definition) is 1. The largest absolute Gasteiger partial charge is 0.497 e. The van der Waals surface area contributed by atoms with Gasteiger partial charge in [-0.3, -0.25) is 14.9 Å². The van der Waals surface area contributed by atoms with Gasteiger partial charge in [0.05, 0.1) is 28.8 Å². The van der Waals surface area contributed by atoms with Gasteiger partial charge in [-0.25, -0.2) is 9.97 Å². The van der Waals surface area contributed by atoms with Crippen molar-refractivity contribution in [2.75, 3.05) is 25.5 Å². The number of carbonyl (C=O) groups is 2. The molecule has 0 saturated carbocycles. The van der Waals surface area contributed by atoms with Crippen molar-refractivity contribution in [3.05, 3.63) is 69.1 Å². The summed E-state index contributed by atoms with van der Waals surface area (Å²) in [7, 11) is 1.62. The first-order chi connectivity index (χ1) is 17.0. The number of hydrogen-bond acceptors (Lipinski definition) is 7. The second kappa shape index (κ2) is 10.3. The van der Waals surface area contributed by atoms with Crippen LogP contribution in [0.5, 0.6) is 5.75 Å². The third-order valence-corrected chi connectivity index (χ3v) is 8.38. The molecule has 10 heteroatoms. The molecule has 0 aliphatic carbocycles. The third kappa shape index (κ3) is 5.32. The minimum Gasteiger partial charge on any atom is -0.497 e. The Hall–Kier alpha value is -3.01. The molecule has 4 aromatic rings. The number of thiazole rings is 2. The maximum atomic E-state index is 12.8. The number of methoxy groups -OCH3 is 1. The van der Waals surface area contributed by atoms with E-state index in [1.54, 1.807) is 18.6 Å². The van der Waals surface area contributed by atoms with Gasteiger partial charge in [0.25, 0.3) is 5.91 Å². The molecule has 0 bridgehead atoms. The van der Waals surface area contributed by atoms with Crippen LogP contribution >= 0.6 is 34.3 Å². The summed E-state index contributed by atoms with van der Waals surface area (Å²) in [5, 5.41) is 6.73. The van der Waals surface area contributed by atoms with Crippen molar-refractivity contribution in [3.8, 4) is 5.75 Å². The Morgan fingerprint density at radius 1 is 1.17 bits per heavy atom. The van der Waals surface area contributed by atoms with E-state index in [4.69, 9.17) is 16.3 Å². The van der Waals surface area contributed by atoms with Crippen molar-refractivity contribution >= 4 is 61.4 Å². The molecule has 35 heavy (non-hydrogen) atoms. The van der Waals surface area contributed by atoms with Gasteiger partial charge in [-0.1, -0.05) is 41.1 Å². The summed E-state index contributed by atoms with van der Waals surface area (Å²) in [5.74, 6) is 0.802. The minimum atomic E-state index is -0.272. The number of fused-ring (bicyclic) bond motifs is 1. The molecule has 2 aromatic heterocycles. The summed E-state index contributed by atoms with van der Waals surface area (Å²) in [4.78, 5) is 36.5. The van der Waals surface area contributed by atoms with Crippen molar-refractivity contribution in [2.45, 2.75) is 25.2 Å². The smallest absolute Gasteiger partial charge is 0.276 e. The third-order valence-electron chi connectivity index (χ3n) is 6.07. The lowest BCUT2D eigenvalue weighted by Gasteiger charge is -2.31. The zero-order valence-corrected chi connectivity index (χ0v) is 21.4. The normalized spacial score (nSPS) is 14.3. The molecule has 0 unspecified atom stereocenters. The van der Waals surface area contributed by atoms with Gasteiger partial charge in [0, 0.05) is 29.4 Å². The van der Waals surface area contributed by atoms with Crippen LogP contribution < -0.4 is 10.1 Å². The number of ether oxygens (including phenoxy) is 1. The van der Waals surface area contributed by atoms with Crippen molar-refractivity contribution in [3.63, 3.8) is 0 Å². The van der Waals surface area contributed by atoms with Crippen LogP contribution in [0.1, 0.15) is 39.8 Å². The molecular weight excluding hydrogens is 504 g/mol. The summed E-state index contributed by atoms with van der Waals surface area (Å²) in [6.07, 6.45) is 1.95. The van der Waals surface area contributed by atoms with E-state index in [1.165, 1.54) is 22.7 Å². The van der Waals surface area contributed by atoms with Crippen LogP contribution in [0.2, 0.25) is 5.02 Å². The number of anilines is 1. The summed E-state index contributed by atoms with van der Waals surface area (Å²) >= 11 is 9.09. The van der Waals surface area contributed by atoms with Crippen LogP contribution in [-0.4, -0.2) is 46.9 Å². The van der Waals surface area contributed by atoms with Crippen LogP contribution in [-0.2, 0) is 11.2 Å². The predicted octanol–water partition coefficient (Wildman–Crippen LogP) is 5.62. The van der Waals surface area contributed by atoms with Gasteiger partial charge in [0.2, 0.25) is 5.91 Å². The molecule has 2 aromatic carbocycles. The maximum Gasteiger partial charge on any atom is 0.276 e. The van der Waals surface area contributed by atoms with E-state index < -0.39 is 0 Å². The van der Waals surface area contributed by atoms with Gasteiger partial charge in [-0.2, -0.15) is 0 Å². The number of halogens is 1. The number of likely N-dealkylation sites (tertiary alicyclic amines) is 1. The monoisotopic (exact) mass is 526 g/mol. The Labute approximate surface area is 215 Å². The van der Waals surface area contributed by atoms with Gasteiger partial charge in [0.15, 0.2) is 5.13 Å². The number of nitrogens with one attached hydrogen (secondary N) is 1. The fourth-order valence-corrected chi connectivity index (χ4v) is 6.18. The Kier molecular flexibility index (Phi) is 6.99. The first-order valence-electron chi connectivity index (χ1n) is 11.2. The summed E-state index contributed by atoms with van der Waals surface area (Å²) in [6, 6.07) is 13.1. The van der Waals surface area contributed by atoms with Gasteiger partial charge < -0.3 is 9.64 Å². The number of aromatic nitrogens is 2. The van der Waals surface area contributed by atoms with Crippen LogP contribution in [0.15, 0.2) is 47.8 Å². The van der Waals surface area contributed by atoms with Crippen molar-refractivity contribution in [2.24, 2.45) is 0 Å². The molecular formula is C25H23ClN4O3S2. The minimum absolute atomic E-state index is 0.0872. The van der Waals surface area contributed by atoms with Crippen LogP contribution in [0.25, 0.3) is 10.2 Å². The van der Waals surface area contributed by atoms with Gasteiger partial charge in [-0.05, 0) is 42.7 Å². The Bertz CT molecular complexity index is 1380. The Morgan fingerprint density at radius 3 is 2.74 bits per heavy atom. The highest BCUT2D eigenvalue weighted by atomic mass is 35.5. The van der Waals surface area contributed by atoms with Crippen molar-refractivity contribution in [1.29, 1.82) is 0 Å². The lowest BCUT2D eigenvalue weighted by molar-refractivity contribution is -0.131. The molecule has 0 atom stereocenters. The summed E-state index contributed by atoms with van der Waals surface area (Å²) < 4.78 is 6.19. The lowest BCUT2D eigenvalue weighted by atomic mass is 9.97. The predicted molar refractivity (Wildman–Crippen MR) is 140 cm³/mol. The molecule has 1 N–H and O–H groups in total. The molecule has 1 saturated heterocycles. The second-order valence-electron chi connectivity index (χ2n) is 8.30. The second-order valence-corrected chi connectivity index (χ2v) is 10.6. The number of nitrogens with zero attached hydrogens (tertiary/aromatic N) is 3. The van der Waals surface area contributed by atoms with Crippen LogP contribution in [0.3, 0.4) is 0 Å². The average molecular weight is 527 g/mol. The molecule has 1 fully saturated rings. The lowest BCUT2D eigenvalue weighted by Crippen LogP contribution is -2.38. The maximum absolute atomic E-state index is 12.8. The summed E-state index contributed by atoms with van der Waals surface area (Å²) in [5.41, 5.74) is 2.05. The van der Waals surface area contributed by atoms with Gasteiger partial charge >= 0.3 is 0 Å². The molecule has 1 aliphatic heterocycles. The van der Waals surface area contributed by atoms with Crippen molar-refractivity contribution < 1.29 is 14.3 Å². The van der Waals surface area contributed by atoms with E-state index in [9.17, 15) is 9.59 Å². The van der Waals surface area contributed by atoms with E-state index in [1.807, 2.05) is 41.3 Å². The zero-order chi connectivity index (χ0) is 24.4. The molecule has 7 nitrogen and oxygen atoms in total. The van der Waals surface area contributed by atoms with E-state index in [2.05, 4.69) is 15.3 Å². The fourth-order valence-electron chi connectivity index (χ4n) is 4.12. The molecule has 5 rings (SSSR count). The molecule has 3 heterocycles. The zero-order valence-electron chi connectivity index (χ0n) is 19.0. The molecule has 180 valence electrons. The standard InChI is InChI=1S/C25H23ClN4O3S2/c1-33-17-6-7-19-21(13-17)35-25(28-19)29-23(32)20-14-34-24(27-20)15-8-10-30(11-9-15)22(31)12-16-4-2-3-5-18(16)26/h2-7,13-15H,8-12H2,1H3,(H,28,29,32). The van der Waals surface area contributed by atoms with Gasteiger partial charge in [-0.15, -0.1) is 11.3 Å². The van der Waals surface area contributed by atoms with E-state index in [-0.39, 0.29) is 17.7 Å². The number of rotatable bonds is 6. The first-order valence-corrected chi connectivity index (χ1v) is 13.3. The molecule has 0 spiro atoms. The molecule has 1 aliphatic rings. The van der Waals surface area contributed by atoms with E-state index >= 15 is 0 Å². The highest BCUT2D eigenvalue weighted by molar-refractivity contribution is 7.22. The van der Waals surface area contributed by atoms with Crippen molar-refractivity contribution in [1.82, 2.24) is 14.9 Å². The quantitative estimate of drug-likeness (QED) is 0.352. The van der Waals surface area contributed by atoms with E-state index in [0.717, 1.165) is 39.4 Å². The number of amides is 2. The Morgan fingerprint density at radius 2 is 1.97 bits per heavy atom. The Balaban J connectivity index is 1.17. The SMILES string of the molecule is COc1ccc2nc(NC(=O)c3csc(C4CCN(C(=O)Cc5ccccc5Cl)CC4)n3)sc2c1. The van der Waals surface area contributed by atoms with E-state index in [0.29, 0.717) is 35.4 Å². The van der Waals surface area contributed by atoms with Crippen LogP contribution in [0.4, 0.5) is 5.13 Å². The summed E-state index contributed by atoms with van der Waals surface area (Å²) in [6.45, 7) is 1.34. The highest BCUT2D eigenvalue weighted by Crippen LogP contribution is 2.32. The molecule has 0 radical (unpaired) electrons. The number of benzene rings is 2. The first kappa shape index (κ1) is 23.7. The number of carbonyl (C=O) groups excluding carboxylic acids is 2. The average Bonchev–Trinajstić information content (AvgIpc) is 3.52. The van der Waals surface area contributed by atoms with Crippen LogP contribution in [0, 0.1) is 0 Å². The topological polar surface area (TPSA) is 84.4 Å². The molecule has 2 amide bonds. The fraction of sp³-hybridized carbons (Fsp3) is 0.280. The number of piperidine rings is 1.